The third-order valence-electron chi connectivity index (χ3n) is 4.26. The number of methoxy groups -OCH3 is 1. The minimum Gasteiger partial charge on any atom is -0.497 e. The van der Waals surface area contributed by atoms with Gasteiger partial charge in [0, 0.05) is 17.5 Å². The van der Waals surface area contributed by atoms with Gasteiger partial charge in [-0.3, -0.25) is 0 Å². The fraction of sp³-hybridized carbons (Fsp3) is 0.600. The van der Waals surface area contributed by atoms with Crippen molar-refractivity contribution < 1.29 is 9.84 Å². The van der Waals surface area contributed by atoms with E-state index in [1.165, 1.54) is 5.56 Å². The first-order valence-electron chi connectivity index (χ1n) is 6.53. The zero-order valence-corrected chi connectivity index (χ0v) is 11.6. The monoisotopic (exact) mass is 249 g/mol. The standard InChI is InChI=1S/C15H23NO2/c1-10(11-6-5-7-12(8-11)18-4)16-13-9-14(17)15(13,2)3/h5-8,10,13-14,16-17H,9H2,1-4H3/t10-,13?,14?/m0/s1. The van der Waals surface area contributed by atoms with Crippen LogP contribution in [0.5, 0.6) is 5.75 Å². The van der Waals surface area contributed by atoms with Gasteiger partial charge in [-0.1, -0.05) is 26.0 Å². The van der Waals surface area contributed by atoms with E-state index in [1.54, 1.807) is 7.11 Å². The summed E-state index contributed by atoms with van der Waals surface area (Å²) in [5, 5.41) is 13.3. The van der Waals surface area contributed by atoms with Crippen LogP contribution in [0.15, 0.2) is 24.3 Å². The predicted octanol–water partition coefficient (Wildman–Crippen LogP) is 2.51. The van der Waals surface area contributed by atoms with Gasteiger partial charge in [0.1, 0.15) is 5.75 Å². The summed E-state index contributed by atoms with van der Waals surface area (Å²) in [5.74, 6) is 0.883. The minimum atomic E-state index is -0.187. The van der Waals surface area contributed by atoms with Gasteiger partial charge in [0.15, 0.2) is 0 Å². The highest BCUT2D eigenvalue weighted by Crippen LogP contribution is 2.41. The SMILES string of the molecule is COc1cccc([C@H](C)NC2CC(O)C2(C)C)c1. The molecular formula is C15H23NO2. The molecule has 1 saturated carbocycles. The summed E-state index contributed by atoms with van der Waals surface area (Å²) in [5.41, 5.74) is 1.18. The highest BCUT2D eigenvalue weighted by molar-refractivity contribution is 5.30. The van der Waals surface area contributed by atoms with Crippen LogP contribution in [0.4, 0.5) is 0 Å². The molecule has 0 bridgehead atoms. The summed E-state index contributed by atoms with van der Waals surface area (Å²) < 4.78 is 5.24. The van der Waals surface area contributed by atoms with Crippen molar-refractivity contribution in [3.63, 3.8) is 0 Å². The maximum Gasteiger partial charge on any atom is 0.119 e. The molecule has 1 aromatic rings. The molecule has 0 radical (unpaired) electrons. The molecule has 2 rings (SSSR count). The van der Waals surface area contributed by atoms with E-state index in [9.17, 15) is 5.11 Å². The molecule has 0 amide bonds. The van der Waals surface area contributed by atoms with E-state index in [0.717, 1.165) is 12.2 Å². The maximum absolute atomic E-state index is 9.75. The second kappa shape index (κ2) is 4.90. The summed E-state index contributed by atoms with van der Waals surface area (Å²) in [6.07, 6.45) is 0.647. The first-order valence-corrected chi connectivity index (χ1v) is 6.53. The van der Waals surface area contributed by atoms with Gasteiger partial charge in [-0.25, -0.2) is 0 Å². The third kappa shape index (κ3) is 2.38. The van der Waals surface area contributed by atoms with E-state index in [4.69, 9.17) is 4.74 Å². The lowest BCUT2D eigenvalue weighted by Crippen LogP contribution is -2.60. The topological polar surface area (TPSA) is 41.5 Å². The smallest absolute Gasteiger partial charge is 0.119 e. The molecule has 1 aliphatic rings. The van der Waals surface area contributed by atoms with Gasteiger partial charge in [-0.15, -0.1) is 0 Å². The van der Waals surface area contributed by atoms with Crippen molar-refractivity contribution in [3.05, 3.63) is 29.8 Å². The largest absolute Gasteiger partial charge is 0.497 e. The van der Waals surface area contributed by atoms with E-state index in [0.29, 0.717) is 6.04 Å². The average molecular weight is 249 g/mol. The van der Waals surface area contributed by atoms with Crippen LogP contribution in [0, 0.1) is 5.41 Å². The molecule has 3 nitrogen and oxygen atoms in total. The molecule has 0 spiro atoms. The molecule has 0 aromatic heterocycles. The first kappa shape index (κ1) is 13.4. The second-order valence-electron chi connectivity index (χ2n) is 5.79. The summed E-state index contributed by atoms with van der Waals surface area (Å²) in [4.78, 5) is 0. The van der Waals surface area contributed by atoms with Crippen LogP contribution in [0.2, 0.25) is 0 Å². The number of benzene rings is 1. The van der Waals surface area contributed by atoms with Gasteiger partial charge in [0.2, 0.25) is 0 Å². The van der Waals surface area contributed by atoms with Gasteiger partial charge in [0.25, 0.3) is 0 Å². The molecule has 0 aliphatic heterocycles. The Hall–Kier alpha value is -1.06. The Labute approximate surface area is 109 Å². The normalized spacial score (nSPS) is 27.4. The Morgan fingerprint density at radius 2 is 2.17 bits per heavy atom. The molecule has 2 N–H and O–H groups in total. The van der Waals surface area contributed by atoms with E-state index in [1.807, 2.05) is 12.1 Å². The Bertz CT molecular complexity index is 417. The van der Waals surface area contributed by atoms with Crippen molar-refractivity contribution in [1.29, 1.82) is 0 Å². The van der Waals surface area contributed by atoms with Crippen LogP contribution in [-0.4, -0.2) is 24.4 Å². The zero-order chi connectivity index (χ0) is 13.3. The summed E-state index contributed by atoms with van der Waals surface area (Å²) in [6.45, 7) is 6.36. The van der Waals surface area contributed by atoms with Gasteiger partial charge in [0.05, 0.1) is 13.2 Å². The Balaban J connectivity index is 2.02. The van der Waals surface area contributed by atoms with Crippen molar-refractivity contribution >= 4 is 0 Å². The molecule has 2 unspecified atom stereocenters. The predicted molar refractivity (Wildman–Crippen MR) is 72.7 cm³/mol. The van der Waals surface area contributed by atoms with Gasteiger partial charge < -0.3 is 15.2 Å². The molecule has 0 heterocycles. The number of rotatable bonds is 4. The number of ether oxygens (including phenoxy) is 1. The number of hydrogen-bond donors (Lipinski definition) is 2. The number of nitrogens with one attached hydrogen (secondary N) is 1. The Morgan fingerprint density at radius 3 is 2.72 bits per heavy atom. The first-order chi connectivity index (χ1) is 8.45. The zero-order valence-electron chi connectivity index (χ0n) is 11.6. The number of aliphatic hydroxyl groups excluding tert-OH is 1. The Morgan fingerprint density at radius 1 is 1.44 bits per heavy atom. The molecule has 3 atom stereocenters. The van der Waals surface area contributed by atoms with E-state index in [2.05, 4.69) is 38.2 Å². The molecule has 3 heteroatoms. The van der Waals surface area contributed by atoms with Crippen LogP contribution < -0.4 is 10.1 Å². The highest BCUT2D eigenvalue weighted by Gasteiger charge is 2.47. The fourth-order valence-corrected chi connectivity index (χ4v) is 2.49. The lowest BCUT2D eigenvalue weighted by atomic mass is 9.64. The average Bonchev–Trinajstić information content (AvgIpc) is 2.38. The van der Waals surface area contributed by atoms with Gasteiger partial charge >= 0.3 is 0 Å². The minimum absolute atomic E-state index is 0.0346. The van der Waals surface area contributed by atoms with Crippen LogP contribution in [-0.2, 0) is 0 Å². The van der Waals surface area contributed by atoms with E-state index in [-0.39, 0.29) is 17.6 Å². The van der Waals surface area contributed by atoms with Crippen LogP contribution in [0.3, 0.4) is 0 Å². The molecule has 100 valence electrons. The number of hydrogen-bond acceptors (Lipinski definition) is 3. The molecule has 0 saturated heterocycles. The van der Waals surface area contributed by atoms with Crippen molar-refractivity contribution in [1.82, 2.24) is 5.32 Å². The van der Waals surface area contributed by atoms with Crippen molar-refractivity contribution in [2.24, 2.45) is 5.41 Å². The van der Waals surface area contributed by atoms with Crippen molar-refractivity contribution in [2.45, 2.75) is 45.4 Å². The summed E-state index contributed by atoms with van der Waals surface area (Å²) in [6, 6.07) is 8.74. The molecular weight excluding hydrogens is 226 g/mol. The summed E-state index contributed by atoms with van der Waals surface area (Å²) >= 11 is 0. The van der Waals surface area contributed by atoms with Gasteiger partial charge in [-0.05, 0) is 31.0 Å². The molecule has 1 aromatic carbocycles. The fourth-order valence-electron chi connectivity index (χ4n) is 2.49. The van der Waals surface area contributed by atoms with E-state index >= 15 is 0 Å². The Kier molecular flexibility index (Phi) is 3.64. The van der Waals surface area contributed by atoms with Crippen LogP contribution in [0.1, 0.15) is 38.8 Å². The quantitative estimate of drug-likeness (QED) is 0.861. The third-order valence-corrected chi connectivity index (χ3v) is 4.26. The molecule has 1 aliphatic carbocycles. The van der Waals surface area contributed by atoms with Crippen molar-refractivity contribution in [3.8, 4) is 5.75 Å². The van der Waals surface area contributed by atoms with Crippen LogP contribution >= 0.6 is 0 Å². The molecule has 1 fully saturated rings. The molecule has 18 heavy (non-hydrogen) atoms. The summed E-state index contributed by atoms with van der Waals surface area (Å²) in [7, 11) is 1.68. The van der Waals surface area contributed by atoms with E-state index < -0.39 is 0 Å². The maximum atomic E-state index is 9.75. The second-order valence-corrected chi connectivity index (χ2v) is 5.79. The highest BCUT2D eigenvalue weighted by atomic mass is 16.5. The van der Waals surface area contributed by atoms with Gasteiger partial charge in [-0.2, -0.15) is 0 Å². The lowest BCUT2D eigenvalue weighted by Gasteiger charge is -2.50. The van der Waals surface area contributed by atoms with Crippen LogP contribution in [0.25, 0.3) is 0 Å². The van der Waals surface area contributed by atoms with Crippen molar-refractivity contribution in [2.75, 3.05) is 7.11 Å². The number of aliphatic hydroxyl groups is 1. The lowest BCUT2D eigenvalue weighted by molar-refractivity contribution is -0.0754.